The number of ether oxygens (including phenoxy) is 1. The predicted molar refractivity (Wildman–Crippen MR) is 76.5 cm³/mol. The Morgan fingerprint density at radius 2 is 2.38 bits per heavy atom. The number of aromatic nitrogens is 1. The van der Waals surface area contributed by atoms with Crippen LogP contribution in [-0.4, -0.2) is 29.6 Å². The van der Waals surface area contributed by atoms with Crippen molar-refractivity contribution in [1.29, 1.82) is 0 Å². The number of nitrogens with two attached hydrogens (primary N) is 1. The Hall–Kier alpha value is -2.34. The molecule has 0 aliphatic carbocycles. The monoisotopic (exact) mass is 287 g/mol. The number of methoxy groups -OCH3 is 1. The first-order valence-corrected chi connectivity index (χ1v) is 6.79. The van der Waals surface area contributed by atoms with Crippen LogP contribution in [0.2, 0.25) is 0 Å². The third-order valence-corrected chi connectivity index (χ3v) is 3.65. The second kappa shape index (κ2) is 5.57. The van der Waals surface area contributed by atoms with Crippen molar-refractivity contribution >= 4 is 11.6 Å². The number of benzene rings is 1. The summed E-state index contributed by atoms with van der Waals surface area (Å²) >= 11 is 0. The van der Waals surface area contributed by atoms with E-state index in [1.54, 1.807) is 18.1 Å². The Morgan fingerprint density at radius 3 is 3.19 bits per heavy atom. The molecule has 0 spiro atoms. The van der Waals surface area contributed by atoms with Crippen LogP contribution >= 0.6 is 0 Å². The maximum absolute atomic E-state index is 12.4. The van der Waals surface area contributed by atoms with Gasteiger partial charge in [0.15, 0.2) is 11.5 Å². The molecule has 0 radical (unpaired) electrons. The molecule has 21 heavy (non-hydrogen) atoms. The standard InChI is InChI=1S/C15H17N3O3/c1-20-9-11-7-14(17-21-11)15(19)18-6-5-12-10(8-18)3-2-4-13(12)16/h2-4,7H,5-6,8-9,16H2,1H3. The summed E-state index contributed by atoms with van der Waals surface area (Å²) < 4.78 is 10.0. The molecule has 6 nitrogen and oxygen atoms in total. The summed E-state index contributed by atoms with van der Waals surface area (Å²) in [7, 11) is 1.57. The summed E-state index contributed by atoms with van der Waals surface area (Å²) in [6.45, 7) is 1.48. The smallest absolute Gasteiger partial charge is 0.276 e. The fraction of sp³-hybridized carbons (Fsp3) is 0.333. The zero-order valence-electron chi connectivity index (χ0n) is 11.8. The van der Waals surface area contributed by atoms with E-state index in [1.165, 1.54) is 0 Å². The highest BCUT2D eigenvalue weighted by Crippen LogP contribution is 2.25. The third-order valence-electron chi connectivity index (χ3n) is 3.65. The number of rotatable bonds is 3. The number of carbonyl (C=O) groups is 1. The van der Waals surface area contributed by atoms with Crippen LogP contribution in [0.1, 0.15) is 27.4 Å². The van der Waals surface area contributed by atoms with E-state index in [9.17, 15) is 4.79 Å². The maximum atomic E-state index is 12.4. The van der Waals surface area contributed by atoms with Crippen LogP contribution in [0, 0.1) is 0 Å². The van der Waals surface area contributed by atoms with Gasteiger partial charge in [-0.15, -0.1) is 0 Å². The molecule has 0 saturated carbocycles. The number of hydrogen-bond acceptors (Lipinski definition) is 5. The molecule has 2 heterocycles. The summed E-state index contributed by atoms with van der Waals surface area (Å²) in [5.41, 5.74) is 9.31. The average Bonchev–Trinajstić information content (AvgIpc) is 2.95. The highest BCUT2D eigenvalue weighted by molar-refractivity contribution is 5.92. The SMILES string of the molecule is COCc1cc(C(=O)N2CCc3c(N)cccc3C2)no1. The van der Waals surface area contributed by atoms with Gasteiger partial charge in [0.1, 0.15) is 6.61 Å². The van der Waals surface area contributed by atoms with Gasteiger partial charge in [0.25, 0.3) is 5.91 Å². The largest absolute Gasteiger partial charge is 0.398 e. The van der Waals surface area contributed by atoms with Gasteiger partial charge in [0, 0.05) is 32.0 Å². The molecular weight excluding hydrogens is 270 g/mol. The van der Waals surface area contributed by atoms with E-state index in [-0.39, 0.29) is 5.91 Å². The number of nitrogens with zero attached hydrogens (tertiary/aromatic N) is 2. The van der Waals surface area contributed by atoms with Crippen molar-refractivity contribution in [3.8, 4) is 0 Å². The Kier molecular flexibility index (Phi) is 3.62. The summed E-state index contributed by atoms with van der Waals surface area (Å²) in [4.78, 5) is 14.2. The fourth-order valence-corrected chi connectivity index (χ4v) is 2.60. The van der Waals surface area contributed by atoms with Crippen molar-refractivity contribution < 1.29 is 14.1 Å². The number of amides is 1. The topological polar surface area (TPSA) is 81.6 Å². The van der Waals surface area contributed by atoms with E-state index in [1.807, 2.05) is 18.2 Å². The second-order valence-electron chi connectivity index (χ2n) is 5.07. The summed E-state index contributed by atoms with van der Waals surface area (Å²) in [5.74, 6) is 0.414. The van der Waals surface area contributed by atoms with Crippen molar-refractivity contribution in [2.75, 3.05) is 19.4 Å². The van der Waals surface area contributed by atoms with Gasteiger partial charge in [-0.1, -0.05) is 17.3 Å². The molecule has 3 rings (SSSR count). The maximum Gasteiger partial charge on any atom is 0.276 e. The molecule has 2 aromatic rings. The van der Waals surface area contributed by atoms with E-state index < -0.39 is 0 Å². The molecule has 1 aromatic heterocycles. The highest BCUT2D eigenvalue weighted by Gasteiger charge is 2.25. The normalized spacial score (nSPS) is 14.0. The van der Waals surface area contributed by atoms with Crippen molar-refractivity contribution in [2.24, 2.45) is 0 Å². The van der Waals surface area contributed by atoms with Gasteiger partial charge >= 0.3 is 0 Å². The van der Waals surface area contributed by atoms with Gasteiger partial charge in [-0.3, -0.25) is 4.79 Å². The van der Waals surface area contributed by atoms with Gasteiger partial charge in [-0.25, -0.2) is 0 Å². The van der Waals surface area contributed by atoms with Crippen LogP contribution in [0.4, 0.5) is 5.69 Å². The lowest BCUT2D eigenvalue weighted by atomic mass is 9.98. The second-order valence-corrected chi connectivity index (χ2v) is 5.07. The Morgan fingerprint density at radius 1 is 1.52 bits per heavy atom. The van der Waals surface area contributed by atoms with Crippen LogP contribution in [0.15, 0.2) is 28.8 Å². The summed E-state index contributed by atoms with van der Waals surface area (Å²) in [5, 5.41) is 3.81. The van der Waals surface area contributed by atoms with Crippen molar-refractivity contribution in [1.82, 2.24) is 10.1 Å². The molecule has 1 aromatic carbocycles. The molecule has 1 aliphatic heterocycles. The number of hydrogen-bond donors (Lipinski definition) is 1. The van der Waals surface area contributed by atoms with E-state index in [4.69, 9.17) is 15.0 Å². The van der Waals surface area contributed by atoms with Crippen LogP contribution in [0.5, 0.6) is 0 Å². The molecule has 2 N–H and O–H groups in total. The Bertz CT molecular complexity index is 666. The number of nitrogen functional groups attached to an aromatic ring is 1. The summed E-state index contributed by atoms with van der Waals surface area (Å²) in [6.07, 6.45) is 0.760. The first-order valence-electron chi connectivity index (χ1n) is 6.79. The van der Waals surface area contributed by atoms with E-state index >= 15 is 0 Å². The average molecular weight is 287 g/mol. The van der Waals surface area contributed by atoms with Crippen LogP contribution in [0.25, 0.3) is 0 Å². The summed E-state index contributed by atoms with van der Waals surface area (Å²) in [6, 6.07) is 7.44. The molecule has 110 valence electrons. The van der Waals surface area contributed by atoms with Gasteiger partial charge in [-0.05, 0) is 23.6 Å². The lowest BCUT2D eigenvalue weighted by Gasteiger charge is -2.28. The first-order chi connectivity index (χ1) is 10.2. The number of carbonyl (C=O) groups excluding carboxylic acids is 1. The molecule has 1 amide bonds. The van der Waals surface area contributed by atoms with Crippen LogP contribution in [0.3, 0.4) is 0 Å². The molecule has 1 aliphatic rings. The molecular formula is C15H17N3O3. The van der Waals surface area contributed by atoms with Crippen molar-refractivity contribution in [2.45, 2.75) is 19.6 Å². The zero-order valence-corrected chi connectivity index (χ0v) is 11.8. The minimum absolute atomic E-state index is 0.130. The number of fused-ring (bicyclic) bond motifs is 1. The molecule has 6 heteroatoms. The zero-order chi connectivity index (χ0) is 14.8. The predicted octanol–water partition coefficient (Wildman–Crippen LogP) is 1.60. The van der Waals surface area contributed by atoms with Gasteiger partial charge < -0.3 is 19.9 Å². The van der Waals surface area contributed by atoms with Crippen molar-refractivity contribution in [3.05, 3.63) is 46.8 Å². The van der Waals surface area contributed by atoms with E-state index in [2.05, 4.69) is 5.16 Å². The lowest BCUT2D eigenvalue weighted by Crippen LogP contribution is -2.36. The molecule has 0 fully saturated rings. The van der Waals surface area contributed by atoms with Gasteiger partial charge in [0.2, 0.25) is 0 Å². The molecule has 0 atom stereocenters. The van der Waals surface area contributed by atoms with Crippen LogP contribution < -0.4 is 5.73 Å². The highest BCUT2D eigenvalue weighted by atomic mass is 16.5. The van der Waals surface area contributed by atoms with E-state index in [0.717, 1.165) is 23.2 Å². The van der Waals surface area contributed by atoms with Gasteiger partial charge in [-0.2, -0.15) is 0 Å². The van der Waals surface area contributed by atoms with E-state index in [0.29, 0.717) is 31.2 Å². The Labute approximate surface area is 122 Å². The fourth-order valence-electron chi connectivity index (χ4n) is 2.60. The molecule has 0 unspecified atom stereocenters. The minimum atomic E-state index is -0.130. The molecule has 0 saturated heterocycles. The lowest BCUT2D eigenvalue weighted by molar-refractivity contribution is 0.0723. The quantitative estimate of drug-likeness (QED) is 0.867. The Balaban J connectivity index is 1.77. The van der Waals surface area contributed by atoms with Crippen LogP contribution in [-0.2, 0) is 24.3 Å². The van der Waals surface area contributed by atoms with Gasteiger partial charge in [0.05, 0.1) is 0 Å². The minimum Gasteiger partial charge on any atom is -0.398 e. The third kappa shape index (κ3) is 2.62. The first kappa shape index (κ1) is 13.6. The number of anilines is 1. The molecule has 0 bridgehead atoms. The van der Waals surface area contributed by atoms with Crippen molar-refractivity contribution in [3.63, 3.8) is 0 Å².